The highest BCUT2D eigenvalue weighted by atomic mass is 79.9. The van der Waals surface area contributed by atoms with Gasteiger partial charge in [0.05, 0.1) is 16.5 Å². The van der Waals surface area contributed by atoms with Crippen molar-refractivity contribution in [3.05, 3.63) is 33.3 Å². The molecule has 1 fully saturated rings. The quantitative estimate of drug-likeness (QED) is 0.891. The van der Waals surface area contributed by atoms with Crippen LogP contribution in [0.4, 0.5) is 0 Å². The smallest absolute Gasteiger partial charge is 0.327 e. The number of benzene rings is 1. The summed E-state index contributed by atoms with van der Waals surface area (Å²) in [6.07, 6.45) is 0. The maximum Gasteiger partial charge on any atom is 0.327 e. The summed E-state index contributed by atoms with van der Waals surface area (Å²) in [7, 11) is 0. The molecule has 4 nitrogen and oxygen atoms in total. The fourth-order valence-electron chi connectivity index (χ4n) is 1.67. The Bertz CT molecular complexity index is 511. The number of carboxylic acid groups (broad SMARTS) is 1. The predicted molar refractivity (Wildman–Crippen MR) is 74.1 cm³/mol. The highest BCUT2D eigenvalue weighted by Gasteiger charge is 2.35. The van der Waals surface area contributed by atoms with Crippen LogP contribution in [0, 0.1) is 0 Å². The number of amides is 1. The van der Waals surface area contributed by atoms with Crippen LogP contribution in [-0.4, -0.2) is 39.6 Å². The number of hydrogen-bond donors (Lipinski definition) is 1. The van der Waals surface area contributed by atoms with E-state index in [9.17, 15) is 9.59 Å². The van der Waals surface area contributed by atoms with E-state index in [0.29, 0.717) is 26.7 Å². The van der Waals surface area contributed by atoms with Gasteiger partial charge in [-0.3, -0.25) is 4.79 Å². The average Bonchev–Trinajstić information content (AvgIpc) is 2.81. The third kappa shape index (κ3) is 2.50. The summed E-state index contributed by atoms with van der Waals surface area (Å²) in [5, 5.41) is 9.36. The van der Waals surface area contributed by atoms with Crippen molar-refractivity contribution < 1.29 is 14.7 Å². The Kier molecular flexibility index (Phi) is 4.19. The summed E-state index contributed by atoms with van der Waals surface area (Å²) >= 11 is 10.7. The number of halogens is 2. The number of carboxylic acids is 1. The van der Waals surface area contributed by atoms with Crippen molar-refractivity contribution >= 4 is 51.2 Å². The fourth-order valence-corrected chi connectivity index (χ4v) is 3.39. The zero-order valence-electron chi connectivity index (χ0n) is 9.10. The number of carbonyl (C=O) groups excluding carboxylic acids is 1. The van der Waals surface area contributed by atoms with Gasteiger partial charge < -0.3 is 10.0 Å². The van der Waals surface area contributed by atoms with E-state index in [-0.39, 0.29) is 5.91 Å². The summed E-state index contributed by atoms with van der Waals surface area (Å²) in [4.78, 5) is 24.7. The lowest BCUT2D eigenvalue weighted by Crippen LogP contribution is -2.41. The molecule has 0 saturated carbocycles. The van der Waals surface area contributed by atoms with Gasteiger partial charge in [0, 0.05) is 10.2 Å². The van der Waals surface area contributed by atoms with Crippen LogP contribution in [0.25, 0.3) is 0 Å². The SMILES string of the molecule is O=C(O)C1CSCN1C(=O)c1cccc(Br)c1Cl. The molecular weight excluding hydrogens is 342 g/mol. The molecule has 1 aromatic rings. The summed E-state index contributed by atoms with van der Waals surface area (Å²) in [6.45, 7) is 0. The lowest BCUT2D eigenvalue weighted by molar-refractivity contribution is -0.140. The zero-order chi connectivity index (χ0) is 13.3. The van der Waals surface area contributed by atoms with Crippen LogP contribution in [0.2, 0.25) is 5.02 Å². The van der Waals surface area contributed by atoms with E-state index in [1.807, 2.05) is 0 Å². The molecule has 0 spiro atoms. The van der Waals surface area contributed by atoms with E-state index >= 15 is 0 Å². The number of thioether (sulfide) groups is 1. The van der Waals surface area contributed by atoms with E-state index in [4.69, 9.17) is 16.7 Å². The number of nitrogens with zero attached hydrogens (tertiary/aromatic N) is 1. The van der Waals surface area contributed by atoms with Gasteiger partial charge in [0.25, 0.3) is 5.91 Å². The molecule has 0 radical (unpaired) electrons. The van der Waals surface area contributed by atoms with Gasteiger partial charge in [-0.15, -0.1) is 11.8 Å². The molecular formula is C11H9BrClNO3S. The Morgan fingerprint density at radius 1 is 1.50 bits per heavy atom. The van der Waals surface area contributed by atoms with E-state index < -0.39 is 12.0 Å². The highest BCUT2D eigenvalue weighted by molar-refractivity contribution is 9.10. The van der Waals surface area contributed by atoms with Crippen molar-refractivity contribution in [2.24, 2.45) is 0 Å². The second-order valence-electron chi connectivity index (χ2n) is 3.73. The lowest BCUT2D eigenvalue weighted by atomic mass is 10.2. The Balaban J connectivity index is 2.31. The standard InChI is InChI=1S/C11H9BrClNO3S/c12-7-3-1-2-6(9(7)13)10(15)14-5-18-4-8(14)11(16)17/h1-3,8H,4-5H2,(H,16,17). The summed E-state index contributed by atoms with van der Waals surface area (Å²) in [5.74, 6) is -0.552. The van der Waals surface area contributed by atoms with Crippen LogP contribution in [-0.2, 0) is 4.79 Å². The molecule has 0 aliphatic carbocycles. The first-order valence-electron chi connectivity index (χ1n) is 5.08. The molecule has 1 aliphatic heterocycles. The first kappa shape index (κ1) is 13.7. The third-order valence-electron chi connectivity index (χ3n) is 2.61. The molecule has 7 heteroatoms. The van der Waals surface area contributed by atoms with Crippen LogP contribution in [0.1, 0.15) is 10.4 Å². The van der Waals surface area contributed by atoms with Gasteiger partial charge in [-0.1, -0.05) is 17.7 Å². The van der Waals surface area contributed by atoms with Crippen LogP contribution in [0.3, 0.4) is 0 Å². The molecule has 0 bridgehead atoms. The van der Waals surface area contributed by atoms with Gasteiger partial charge in [-0.25, -0.2) is 4.79 Å². The first-order valence-corrected chi connectivity index (χ1v) is 7.40. The molecule has 1 aromatic carbocycles. The van der Waals surface area contributed by atoms with E-state index in [1.165, 1.54) is 16.7 Å². The molecule has 1 aliphatic rings. The summed E-state index contributed by atoms with van der Waals surface area (Å²) in [6, 6.07) is 4.24. The van der Waals surface area contributed by atoms with Gasteiger partial charge in [0.15, 0.2) is 0 Å². The Morgan fingerprint density at radius 3 is 2.89 bits per heavy atom. The van der Waals surface area contributed by atoms with E-state index in [1.54, 1.807) is 18.2 Å². The van der Waals surface area contributed by atoms with Crippen molar-refractivity contribution in [2.45, 2.75) is 6.04 Å². The minimum Gasteiger partial charge on any atom is -0.480 e. The van der Waals surface area contributed by atoms with Gasteiger partial charge in [0.1, 0.15) is 6.04 Å². The summed E-state index contributed by atoms with van der Waals surface area (Å²) in [5.41, 5.74) is 0.319. The number of carbonyl (C=O) groups is 2. The van der Waals surface area contributed by atoms with Crippen LogP contribution < -0.4 is 0 Å². The van der Waals surface area contributed by atoms with Crippen molar-refractivity contribution in [3.63, 3.8) is 0 Å². The monoisotopic (exact) mass is 349 g/mol. The van der Waals surface area contributed by atoms with E-state index in [2.05, 4.69) is 15.9 Å². The Morgan fingerprint density at radius 2 is 2.22 bits per heavy atom. The van der Waals surface area contributed by atoms with Crippen molar-refractivity contribution in [2.75, 3.05) is 11.6 Å². The van der Waals surface area contributed by atoms with Crippen molar-refractivity contribution in [1.29, 1.82) is 0 Å². The topological polar surface area (TPSA) is 57.6 Å². The number of hydrogen-bond acceptors (Lipinski definition) is 3. The largest absolute Gasteiger partial charge is 0.480 e. The normalized spacial score (nSPS) is 19.0. The van der Waals surface area contributed by atoms with Gasteiger partial charge in [-0.2, -0.15) is 0 Å². The molecule has 96 valence electrons. The molecule has 1 N–H and O–H groups in total. The number of aliphatic carboxylic acids is 1. The fraction of sp³-hybridized carbons (Fsp3) is 0.273. The molecule has 1 amide bonds. The van der Waals surface area contributed by atoms with Crippen LogP contribution >= 0.6 is 39.3 Å². The Labute approximate surface area is 121 Å². The minimum absolute atomic E-state index is 0.309. The third-order valence-corrected chi connectivity index (χ3v) is 4.92. The maximum absolute atomic E-state index is 12.3. The second-order valence-corrected chi connectivity index (χ2v) is 5.96. The minimum atomic E-state index is -0.987. The van der Waals surface area contributed by atoms with Gasteiger partial charge >= 0.3 is 5.97 Å². The molecule has 1 unspecified atom stereocenters. The highest BCUT2D eigenvalue weighted by Crippen LogP contribution is 2.30. The predicted octanol–water partition coefficient (Wildman–Crippen LogP) is 2.70. The summed E-state index contributed by atoms with van der Waals surface area (Å²) < 4.78 is 0.619. The second kappa shape index (κ2) is 5.50. The first-order chi connectivity index (χ1) is 8.52. The van der Waals surface area contributed by atoms with Crippen molar-refractivity contribution in [1.82, 2.24) is 4.90 Å². The molecule has 1 atom stereocenters. The molecule has 18 heavy (non-hydrogen) atoms. The Hall–Kier alpha value is -0.720. The van der Waals surface area contributed by atoms with Crippen LogP contribution in [0.5, 0.6) is 0 Å². The van der Waals surface area contributed by atoms with E-state index in [0.717, 1.165) is 0 Å². The molecule has 1 heterocycles. The average molecular weight is 351 g/mol. The van der Waals surface area contributed by atoms with Crippen molar-refractivity contribution in [3.8, 4) is 0 Å². The number of rotatable bonds is 2. The molecule has 0 aromatic heterocycles. The molecule has 2 rings (SSSR count). The zero-order valence-corrected chi connectivity index (χ0v) is 12.3. The molecule has 1 saturated heterocycles. The van der Waals surface area contributed by atoms with Crippen LogP contribution in [0.15, 0.2) is 22.7 Å². The maximum atomic E-state index is 12.3. The van der Waals surface area contributed by atoms with Gasteiger partial charge in [0.2, 0.25) is 0 Å². The van der Waals surface area contributed by atoms with Gasteiger partial charge in [-0.05, 0) is 28.1 Å². The lowest BCUT2D eigenvalue weighted by Gasteiger charge is -2.21.